The first-order chi connectivity index (χ1) is 8.39. The van der Waals surface area contributed by atoms with Crippen molar-refractivity contribution in [2.75, 3.05) is 0 Å². The molecule has 0 bridgehead atoms. The van der Waals surface area contributed by atoms with Crippen LogP contribution in [0.25, 0.3) is 16.8 Å². The Labute approximate surface area is 124 Å². The Morgan fingerprint density at radius 2 is 1.61 bits per heavy atom. The number of hydrogen-bond acceptors (Lipinski definition) is 0. The molecule has 0 unspecified atom stereocenters. The van der Waals surface area contributed by atoms with Gasteiger partial charge in [-0.15, -0.1) is 0 Å². The van der Waals surface area contributed by atoms with Crippen LogP contribution in [-0.4, -0.2) is 8.07 Å². The molecule has 0 saturated carbocycles. The third-order valence-electron chi connectivity index (χ3n) is 3.17. The van der Waals surface area contributed by atoms with Crippen molar-refractivity contribution in [2.24, 2.45) is 0 Å². The number of rotatable bonds is 2. The standard InChI is InChI=1S/C16H19ISi/c1-12-9-10-13(11-16(17)18(2,3)4)15-8-6-5-7-14(12)15/h5-11H,1-4H3/b16-11-. The largest absolute Gasteiger partial charge is 0.0854 e. The van der Waals surface area contributed by atoms with Gasteiger partial charge in [0.25, 0.3) is 0 Å². The van der Waals surface area contributed by atoms with Gasteiger partial charge in [0.2, 0.25) is 0 Å². The first kappa shape index (κ1) is 13.8. The average molecular weight is 366 g/mol. The Kier molecular flexibility index (Phi) is 3.97. The van der Waals surface area contributed by atoms with Crippen LogP contribution >= 0.6 is 22.6 Å². The van der Waals surface area contributed by atoms with Crippen molar-refractivity contribution in [1.29, 1.82) is 0 Å². The van der Waals surface area contributed by atoms with E-state index in [2.05, 4.69) is 91.6 Å². The van der Waals surface area contributed by atoms with Gasteiger partial charge in [0.1, 0.15) is 0 Å². The van der Waals surface area contributed by atoms with Crippen molar-refractivity contribution in [3.8, 4) is 0 Å². The van der Waals surface area contributed by atoms with Gasteiger partial charge in [-0.3, -0.25) is 0 Å². The Morgan fingerprint density at radius 1 is 1.00 bits per heavy atom. The topological polar surface area (TPSA) is 0 Å². The minimum absolute atomic E-state index is 1.20. The molecule has 2 heteroatoms. The summed E-state index contributed by atoms with van der Waals surface area (Å²) in [6, 6.07) is 13.2. The van der Waals surface area contributed by atoms with Crippen LogP contribution in [0.15, 0.2) is 39.6 Å². The number of aryl methyl sites for hydroxylation is 1. The first-order valence-electron chi connectivity index (χ1n) is 6.25. The van der Waals surface area contributed by atoms with E-state index < -0.39 is 8.07 Å². The predicted octanol–water partition coefficient (Wildman–Crippen LogP) is 5.80. The molecule has 0 heterocycles. The van der Waals surface area contributed by atoms with Gasteiger partial charge in [0, 0.05) is 0 Å². The van der Waals surface area contributed by atoms with Crippen molar-refractivity contribution in [3.05, 3.63) is 50.7 Å². The van der Waals surface area contributed by atoms with Crippen molar-refractivity contribution in [2.45, 2.75) is 26.6 Å². The Morgan fingerprint density at radius 3 is 2.22 bits per heavy atom. The second-order valence-corrected chi connectivity index (χ2v) is 13.0. The maximum Gasteiger partial charge on any atom is 0.0854 e. The molecule has 0 aromatic heterocycles. The summed E-state index contributed by atoms with van der Waals surface area (Å²) in [7, 11) is -1.20. The average Bonchev–Trinajstić information content (AvgIpc) is 2.32. The van der Waals surface area contributed by atoms with Crippen molar-refractivity contribution < 1.29 is 0 Å². The fourth-order valence-electron chi connectivity index (χ4n) is 1.95. The molecule has 0 N–H and O–H groups in total. The molecule has 18 heavy (non-hydrogen) atoms. The van der Waals surface area contributed by atoms with Gasteiger partial charge in [0.05, 0.1) is 8.07 Å². The van der Waals surface area contributed by atoms with Crippen LogP contribution in [-0.2, 0) is 0 Å². The highest BCUT2D eigenvalue weighted by Gasteiger charge is 2.17. The van der Waals surface area contributed by atoms with Gasteiger partial charge < -0.3 is 0 Å². The van der Waals surface area contributed by atoms with E-state index in [4.69, 9.17) is 0 Å². The lowest BCUT2D eigenvalue weighted by molar-refractivity contribution is 1.52. The molecular weight excluding hydrogens is 347 g/mol. The van der Waals surface area contributed by atoms with Crippen LogP contribution in [0.2, 0.25) is 19.6 Å². The van der Waals surface area contributed by atoms with E-state index in [0.717, 1.165) is 0 Å². The number of fused-ring (bicyclic) bond motifs is 1. The Balaban J connectivity index is 2.63. The smallest absolute Gasteiger partial charge is 0.0652 e. The summed E-state index contributed by atoms with van der Waals surface area (Å²) in [5.41, 5.74) is 2.70. The maximum absolute atomic E-state index is 2.52. The summed E-state index contributed by atoms with van der Waals surface area (Å²) < 4.78 is 1.52. The lowest BCUT2D eigenvalue weighted by Crippen LogP contribution is -2.19. The summed E-state index contributed by atoms with van der Waals surface area (Å²) in [4.78, 5) is 0. The van der Waals surface area contributed by atoms with Crippen LogP contribution in [0.3, 0.4) is 0 Å². The highest BCUT2D eigenvalue weighted by molar-refractivity contribution is 14.1. The minimum Gasteiger partial charge on any atom is -0.0652 e. The highest BCUT2D eigenvalue weighted by Crippen LogP contribution is 2.28. The third-order valence-corrected chi connectivity index (χ3v) is 9.92. The van der Waals surface area contributed by atoms with Gasteiger partial charge >= 0.3 is 0 Å². The molecule has 0 spiro atoms. The second-order valence-electron chi connectivity index (χ2n) is 5.76. The van der Waals surface area contributed by atoms with Gasteiger partial charge in [0.15, 0.2) is 0 Å². The molecule has 2 aromatic carbocycles. The highest BCUT2D eigenvalue weighted by atomic mass is 127. The van der Waals surface area contributed by atoms with Crippen LogP contribution in [0, 0.1) is 6.92 Å². The lowest BCUT2D eigenvalue weighted by atomic mass is 10.0. The minimum atomic E-state index is -1.20. The summed E-state index contributed by atoms with van der Waals surface area (Å²) in [6.45, 7) is 9.35. The normalized spacial score (nSPS) is 13.1. The third kappa shape index (κ3) is 2.86. The van der Waals surface area contributed by atoms with Crippen molar-refractivity contribution in [3.63, 3.8) is 0 Å². The van der Waals surface area contributed by atoms with Crippen LogP contribution < -0.4 is 0 Å². The fraction of sp³-hybridized carbons (Fsp3) is 0.250. The number of benzene rings is 2. The van der Waals surface area contributed by atoms with E-state index in [1.165, 1.54) is 25.1 Å². The summed E-state index contributed by atoms with van der Waals surface area (Å²) in [5, 5.41) is 2.73. The van der Waals surface area contributed by atoms with Crippen molar-refractivity contribution in [1.82, 2.24) is 0 Å². The van der Waals surface area contributed by atoms with Crippen LogP contribution in [0.1, 0.15) is 11.1 Å². The Bertz CT molecular complexity index is 606. The number of halogens is 1. The van der Waals surface area contributed by atoms with E-state index in [1.807, 2.05) is 0 Å². The summed E-state index contributed by atoms with van der Waals surface area (Å²) in [6.07, 6.45) is 2.37. The molecule has 94 valence electrons. The molecule has 0 aliphatic carbocycles. The predicted molar refractivity (Wildman–Crippen MR) is 94.0 cm³/mol. The molecule has 0 aliphatic heterocycles. The lowest BCUT2D eigenvalue weighted by Gasteiger charge is -2.16. The summed E-state index contributed by atoms with van der Waals surface area (Å²) in [5.74, 6) is 0. The molecule has 0 fully saturated rings. The quantitative estimate of drug-likeness (QED) is 0.465. The SMILES string of the molecule is Cc1ccc(/C=C(/I)[Si](C)(C)C)c2ccccc12. The van der Waals surface area contributed by atoms with E-state index in [1.54, 1.807) is 0 Å². The van der Waals surface area contributed by atoms with E-state index in [0.29, 0.717) is 0 Å². The zero-order chi connectivity index (χ0) is 13.3. The summed E-state index contributed by atoms with van der Waals surface area (Å²) >= 11 is 2.52. The molecule has 0 nitrogen and oxygen atoms in total. The van der Waals surface area contributed by atoms with Gasteiger partial charge in [-0.05, 0) is 38.1 Å². The fourth-order valence-corrected chi connectivity index (χ4v) is 2.88. The Hall–Kier alpha value is -0.613. The molecule has 0 radical (unpaired) electrons. The maximum atomic E-state index is 2.52. The molecular formula is C16H19ISi. The molecule has 0 atom stereocenters. The zero-order valence-electron chi connectivity index (χ0n) is 11.4. The molecule has 0 amide bonds. The van der Waals surface area contributed by atoms with E-state index in [-0.39, 0.29) is 0 Å². The van der Waals surface area contributed by atoms with Gasteiger partial charge in [-0.2, -0.15) is 0 Å². The number of hydrogen-bond donors (Lipinski definition) is 0. The van der Waals surface area contributed by atoms with Crippen molar-refractivity contribution >= 4 is 47.5 Å². The van der Waals surface area contributed by atoms with Crippen LogP contribution in [0.4, 0.5) is 0 Å². The molecule has 2 rings (SSSR count). The monoisotopic (exact) mass is 366 g/mol. The second kappa shape index (κ2) is 5.17. The molecule has 2 aromatic rings. The van der Waals surface area contributed by atoms with E-state index >= 15 is 0 Å². The van der Waals surface area contributed by atoms with Gasteiger partial charge in [-0.25, -0.2) is 0 Å². The first-order valence-corrected chi connectivity index (χ1v) is 10.8. The van der Waals surface area contributed by atoms with Gasteiger partial charge in [-0.1, -0.05) is 78.6 Å². The molecule has 0 saturated heterocycles. The zero-order valence-corrected chi connectivity index (χ0v) is 14.6. The van der Waals surface area contributed by atoms with E-state index in [9.17, 15) is 0 Å². The molecule has 0 aliphatic rings. The van der Waals surface area contributed by atoms with Crippen LogP contribution in [0.5, 0.6) is 0 Å².